The molecule has 39 heavy (non-hydrogen) atoms. The third-order valence-corrected chi connectivity index (χ3v) is 6.11. The van der Waals surface area contributed by atoms with Crippen LogP contribution < -0.4 is 9.47 Å². The summed E-state index contributed by atoms with van der Waals surface area (Å²) in [5.41, 5.74) is 2.83. The van der Waals surface area contributed by atoms with Crippen molar-refractivity contribution in [1.29, 1.82) is 0 Å². The Morgan fingerprint density at radius 3 is 2.00 bits per heavy atom. The standard InChI is InChI=1S/C33H38O6/c1-4-6-7-8-9-25(3)38-32(34)29-16-20-31(21-17-29)39-33(35)28-12-10-26(11-13-28)27-14-18-30(19-15-27)37-24-23-36-22-5-2/h5,10-21,25H,2,4,6-9,22-24H2,1,3H3/t25-/m1/s1. The molecule has 0 amide bonds. The smallest absolute Gasteiger partial charge is 0.343 e. The van der Waals surface area contributed by atoms with Crippen molar-refractivity contribution in [1.82, 2.24) is 0 Å². The van der Waals surface area contributed by atoms with Gasteiger partial charge in [0.2, 0.25) is 0 Å². The van der Waals surface area contributed by atoms with Crippen LogP contribution in [0.2, 0.25) is 0 Å². The highest BCUT2D eigenvalue weighted by Crippen LogP contribution is 2.24. The van der Waals surface area contributed by atoms with Gasteiger partial charge in [0.25, 0.3) is 0 Å². The van der Waals surface area contributed by atoms with E-state index in [9.17, 15) is 9.59 Å². The summed E-state index contributed by atoms with van der Waals surface area (Å²) in [7, 11) is 0. The van der Waals surface area contributed by atoms with Crippen LogP contribution in [0, 0.1) is 0 Å². The number of hydrogen-bond donors (Lipinski definition) is 0. The molecule has 0 aliphatic heterocycles. The molecule has 0 unspecified atom stereocenters. The number of carbonyl (C=O) groups excluding carboxylic acids is 2. The maximum absolute atomic E-state index is 12.6. The summed E-state index contributed by atoms with van der Waals surface area (Å²) in [4.78, 5) is 25.0. The number of carbonyl (C=O) groups is 2. The molecule has 3 aromatic rings. The summed E-state index contributed by atoms with van der Waals surface area (Å²) in [5, 5.41) is 0. The minimum Gasteiger partial charge on any atom is -0.491 e. The first-order chi connectivity index (χ1) is 19.0. The average molecular weight is 531 g/mol. The van der Waals surface area contributed by atoms with Crippen molar-refractivity contribution in [3.05, 3.63) is 96.6 Å². The quantitative estimate of drug-likeness (QED) is 0.0819. The Hall–Kier alpha value is -3.90. The second-order valence-electron chi connectivity index (χ2n) is 9.29. The van der Waals surface area contributed by atoms with Crippen LogP contribution in [0.25, 0.3) is 11.1 Å². The number of hydrogen-bond acceptors (Lipinski definition) is 6. The molecule has 0 N–H and O–H groups in total. The van der Waals surface area contributed by atoms with E-state index in [2.05, 4.69) is 13.5 Å². The Bertz CT molecular complexity index is 1170. The molecule has 1 atom stereocenters. The van der Waals surface area contributed by atoms with Gasteiger partial charge in [-0.05, 0) is 79.4 Å². The van der Waals surface area contributed by atoms with Crippen molar-refractivity contribution in [3.8, 4) is 22.6 Å². The van der Waals surface area contributed by atoms with E-state index < -0.39 is 5.97 Å². The number of rotatable bonds is 16. The number of esters is 2. The van der Waals surface area contributed by atoms with E-state index in [0.717, 1.165) is 36.1 Å². The predicted octanol–water partition coefficient (Wildman–Crippen LogP) is 7.67. The van der Waals surface area contributed by atoms with Gasteiger partial charge in [0.15, 0.2) is 0 Å². The zero-order valence-electron chi connectivity index (χ0n) is 22.9. The van der Waals surface area contributed by atoms with Gasteiger partial charge in [-0.15, -0.1) is 6.58 Å². The summed E-state index contributed by atoms with van der Waals surface area (Å²) >= 11 is 0. The maximum atomic E-state index is 12.6. The third kappa shape index (κ3) is 10.1. The SMILES string of the molecule is C=CCOCCOc1ccc(-c2ccc(C(=O)Oc3ccc(C(=O)O[C@H](C)CCCCCC)cc3)cc2)cc1. The van der Waals surface area contributed by atoms with E-state index in [1.54, 1.807) is 42.5 Å². The third-order valence-electron chi connectivity index (χ3n) is 6.11. The van der Waals surface area contributed by atoms with Crippen LogP contribution in [0.3, 0.4) is 0 Å². The molecule has 3 rings (SSSR count). The lowest BCUT2D eigenvalue weighted by Gasteiger charge is -2.13. The highest BCUT2D eigenvalue weighted by molar-refractivity contribution is 5.92. The highest BCUT2D eigenvalue weighted by atomic mass is 16.5. The molecule has 0 fully saturated rings. The average Bonchev–Trinajstić information content (AvgIpc) is 2.96. The molecule has 0 spiro atoms. The molecule has 0 saturated carbocycles. The molecule has 0 bridgehead atoms. The lowest BCUT2D eigenvalue weighted by atomic mass is 10.0. The van der Waals surface area contributed by atoms with Crippen LogP contribution in [0.1, 0.15) is 66.7 Å². The molecule has 3 aromatic carbocycles. The largest absolute Gasteiger partial charge is 0.491 e. The topological polar surface area (TPSA) is 71.1 Å². The zero-order valence-corrected chi connectivity index (χ0v) is 22.9. The second kappa shape index (κ2) is 16.1. The Kier molecular flexibility index (Phi) is 12.3. The normalized spacial score (nSPS) is 11.4. The molecule has 0 aromatic heterocycles. The summed E-state index contributed by atoms with van der Waals surface area (Å²) in [6, 6.07) is 21.4. The van der Waals surface area contributed by atoms with Gasteiger partial charge in [-0.25, -0.2) is 9.59 Å². The maximum Gasteiger partial charge on any atom is 0.343 e. The molecule has 6 heteroatoms. The number of ether oxygens (including phenoxy) is 4. The Labute approximate surface area is 231 Å². The van der Waals surface area contributed by atoms with Gasteiger partial charge in [-0.1, -0.05) is 56.5 Å². The summed E-state index contributed by atoms with van der Waals surface area (Å²) < 4.78 is 22.0. The van der Waals surface area contributed by atoms with Crippen molar-refractivity contribution >= 4 is 11.9 Å². The molecule has 6 nitrogen and oxygen atoms in total. The minimum absolute atomic E-state index is 0.131. The lowest BCUT2D eigenvalue weighted by molar-refractivity contribution is 0.0319. The number of benzene rings is 3. The zero-order chi connectivity index (χ0) is 27.9. The van der Waals surface area contributed by atoms with Crippen LogP contribution in [0.15, 0.2) is 85.5 Å². The van der Waals surface area contributed by atoms with E-state index in [4.69, 9.17) is 18.9 Å². The van der Waals surface area contributed by atoms with Gasteiger partial charge in [0, 0.05) is 0 Å². The van der Waals surface area contributed by atoms with E-state index in [-0.39, 0.29) is 12.1 Å². The first-order valence-corrected chi connectivity index (χ1v) is 13.5. The molecule has 0 heterocycles. The van der Waals surface area contributed by atoms with E-state index >= 15 is 0 Å². The summed E-state index contributed by atoms with van der Waals surface area (Å²) in [6.45, 7) is 9.17. The van der Waals surface area contributed by atoms with Crippen LogP contribution in [-0.2, 0) is 9.47 Å². The van der Waals surface area contributed by atoms with Gasteiger partial charge in [-0.2, -0.15) is 0 Å². The number of unbranched alkanes of at least 4 members (excludes halogenated alkanes) is 3. The lowest BCUT2D eigenvalue weighted by Crippen LogP contribution is -2.15. The Morgan fingerprint density at radius 1 is 0.769 bits per heavy atom. The molecule has 0 aliphatic carbocycles. The van der Waals surface area contributed by atoms with Crippen molar-refractivity contribution in [2.45, 2.75) is 52.1 Å². The summed E-state index contributed by atoms with van der Waals surface area (Å²) in [6.07, 6.45) is 7.00. The molecule has 0 aliphatic rings. The molecular formula is C33H38O6. The summed E-state index contributed by atoms with van der Waals surface area (Å²) in [5.74, 6) is 0.277. The van der Waals surface area contributed by atoms with Gasteiger partial charge in [-0.3, -0.25) is 0 Å². The van der Waals surface area contributed by atoms with Gasteiger partial charge < -0.3 is 18.9 Å². The molecule has 206 valence electrons. The van der Waals surface area contributed by atoms with Gasteiger partial charge in [0.05, 0.1) is 30.4 Å². The van der Waals surface area contributed by atoms with Crippen molar-refractivity contribution in [3.63, 3.8) is 0 Å². The first-order valence-electron chi connectivity index (χ1n) is 13.5. The van der Waals surface area contributed by atoms with Crippen molar-refractivity contribution in [2.75, 3.05) is 19.8 Å². The fourth-order valence-corrected chi connectivity index (χ4v) is 3.92. The monoisotopic (exact) mass is 530 g/mol. The van der Waals surface area contributed by atoms with Crippen LogP contribution in [0.5, 0.6) is 11.5 Å². The predicted molar refractivity (Wildman–Crippen MR) is 153 cm³/mol. The Balaban J connectivity index is 1.48. The second-order valence-corrected chi connectivity index (χ2v) is 9.29. The van der Waals surface area contributed by atoms with E-state index in [1.165, 1.54) is 12.8 Å². The van der Waals surface area contributed by atoms with Crippen LogP contribution >= 0.6 is 0 Å². The van der Waals surface area contributed by atoms with Crippen LogP contribution in [-0.4, -0.2) is 37.9 Å². The highest BCUT2D eigenvalue weighted by Gasteiger charge is 2.14. The molecule has 0 radical (unpaired) electrons. The molecular weight excluding hydrogens is 492 g/mol. The molecule has 0 saturated heterocycles. The fourth-order valence-electron chi connectivity index (χ4n) is 3.92. The van der Waals surface area contributed by atoms with Gasteiger partial charge >= 0.3 is 11.9 Å². The van der Waals surface area contributed by atoms with Crippen LogP contribution in [0.4, 0.5) is 0 Å². The fraction of sp³-hybridized carbons (Fsp3) is 0.333. The Morgan fingerprint density at radius 2 is 1.36 bits per heavy atom. The van der Waals surface area contributed by atoms with E-state index in [1.807, 2.05) is 43.3 Å². The van der Waals surface area contributed by atoms with E-state index in [0.29, 0.717) is 36.7 Å². The van der Waals surface area contributed by atoms with Crippen molar-refractivity contribution in [2.24, 2.45) is 0 Å². The van der Waals surface area contributed by atoms with Gasteiger partial charge in [0.1, 0.15) is 18.1 Å². The first kappa shape index (κ1) is 29.7. The minimum atomic E-state index is -0.472. The van der Waals surface area contributed by atoms with Crippen molar-refractivity contribution < 1.29 is 28.5 Å².